The minimum Gasteiger partial charge on any atom is -0.481 e. The second kappa shape index (κ2) is 5.03. The predicted octanol–water partition coefficient (Wildman–Crippen LogP) is 1.56. The largest absolute Gasteiger partial charge is 0.481 e. The molecule has 0 saturated carbocycles. The maximum Gasteiger partial charge on any atom is 0.454 e. The summed E-state index contributed by atoms with van der Waals surface area (Å²) in [6, 6.07) is 0. The molecule has 0 aliphatic carbocycles. The van der Waals surface area contributed by atoms with Crippen molar-refractivity contribution in [2.24, 2.45) is 0 Å². The van der Waals surface area contributed by atoms with Crippen LogP contribution in [0.3, 0.4) is 0 Å². The molecule has 0 aromatic carbocycles. The molecule has 0 aromatic heterocycles. The predicted molar refractivity (Wildman–Crippen MR) is 31.4 cm³/mol. The summed E-state index contributed by atoms with van der Waals surface area (Å²) in [5.41, 5.74) is 0. The lowest BCUT2D eigenvalue weighted by Gasteiger charge is -2.20. The van der Waals surface area contributed by atoms with Crippen LogP contribution in [0.4, 0.5) is 26.3 Å². The van der Waals surface area contributed by atoms with Gasteiger partial charge in [0, 0.05) is 6.92 Å². The summed E-state index contributed by atoms with van der Waals surface area (Å²) < 4.78 is 66.3. The lowest BCUT2D eigenvalue weighted by atomic mass is 10.3. The fourth-order valence-corrected chi connectivity index (χ4v) is 0.124. The van der Waals surface area contributed by atoms with E-state index in [4.69, 9.17) is 15.0 Å². The van der Waals surface area contributed by atoms with Gasteiger partial charge in [0.05, 0.1) is 0 Å². The summed E-state index contributed by atoms with van der Waals surface area (Å²) in [5, 5.41) is 14.8. The van der Waals surface area contributed by atoms with E-state index in [2.05, 4.69) is 0 Å². The molecule has 3 nitrogen and oxygen atoms in total. The van der Waals surface area contributed by atoms with Crippen LogP contribution in [0.25, 0.3) is 0 Å². The third-order valence-corrected chi connectivity index (χ3v) is 0.687. The summed E-state index contributed by atoms with van der Waals surface area (Å²) in [6.07, 6.45) is -10.4. The zero-order chi connectivity index (χ0) is 12.2. The van der Waals surface area contributed by atoms with Gasteiger partial charge in [0.15, 0.2) is 0 Å². The fraction of sp³-hybridized carbons (Fsp3) is 0.800. The van der Waals surface area contributed by atoms with Crippen LogP contribution in [-0.2, 0) is 4.79 Å². The molecule has 0 aromatic rings. The second-order valence-corrected chi connectivity index (χ2v) is 1.99. The Morgan fingerprint density at radius 3 is 1.43 bits per heavy atom. The van der Waals surface area contributed by atoms with Gasteiger partial charge in [0.25, 0.3) is 5.97 Å². The molecular weight excluding hydrogens is 222 g/mol. The fourth-order valence-electron chi connectivity index (χ4n) is 0.124. The standard InChI is InChI=1S/C3H2F6O.C2H4O2/c4-1(5)2(6,10)3(7,8)9;1-2(3)4/h1,10H;1H3,(H,3,4). The lowest BCUT2D eigenvalue weighted by molar-refractivity contribution is -0.352. The van der Waals surface area contributed by atoms with Crippen LogP contribution in [0.5, 0.6) is 0 Å². The van der Waals surface area contributed by atoms with Crippen molar-refractivity contribution >= 4 is 5.97 Å². The highest BCUT2D eigenvalue weighted by Crippen LogP contribution is 2.36. The Labute approximate surface area is 73.9 Å². The average molecular weight is 228 g/mol. The first-order valence-corrected chi connectivity index (χ1v) is 2.88. The first-order valence-electron chi connectivity index (χ1n) is 2.88. The Balaban J connectivity index is 0. The number of carbonyl (C=O) groups is 1. The highest BCUT2D eigenvalue weighted by atomic mass is 19.4. The zero-order valence-corrected chi connectivity index (χ0v) is 6.65. The molecule has 0 aliphatic rings. The molecule has 86 valence electrons. The molecule has 0 spiro atoms. The molecule has 0 aliphatic heterocycles. The van der Waals surface area contributed by atoms with Gasteiger partial charge in [-0.3, -0.25) is 4.79 Å². The molecule has 14 heavy (non-hydrogen) atoms. The minimum absolute atomic E-state index is 0.833. The van der Waals surface area contributed by atoms with Crippen LogP contribution in [0.15, 0.2) is 0 Å². The number of carboxylic acids is 1. The van der Waals surface area contributed by atoms with E-state index >= 15 is 0 Å². The number of halogens is 6. The molecule has 0 fully saturated rings. The number of aliphatic carboxylic acids is 1. The Hall–Kier alpha value is -0.990. The molecule has 1 atom stereocenters. The Bertz CT molecular complexity index is 182. The summed E-state index contributed by atoms with van der Waals surface area (Å²) in [4.78, 5) is 9.00. The van der Waals surface area contributed by atoms with Crippen LogP contribution >= 0.6 is 0 Å². The Morgan fingerprint density at radius 1 is 1.21 bits per heavy atom. The van der Waals surface area contributed by atoms with Gasteiger partial charge in [-0.25, -0.2) is 8.78 Å². The van der Waals surface area contributed by atoms with Gasteiger partial charge >= 0.3 is 18.5 Å². The van der Waals surface area contributed by atoms with Crippen LogP contribution in [0, 0.1) is 0 Å². The molecule has 0 radical (unpaired) electrons. The molecule has 0 rings (SSSR count). The number of rotatable bonds is 1. The lowest BCUT2D eigenvalue weighted by Crippen LogP contribution is -2.47. The van der Waals surface area contributed by atoms with E-state index in [-0.39, 0.29) is 0 Å². The van der Waals surface area contributed by atoms with E-state index in [0.29, 0.717) is 0 Å². The van der Waals surface area contributed by atoms with E-state index in [1.54, 1.807) is 0 Å². The van der Waals surface area contributed by atoms with Crippen LogP contribution in [0.2, 0.25) is 0 Å². The normalized spacial score (nSPS) is 15.5. The highest BCUT2D eigenvalue weighted by Gasteiger charge is 2.62. The monoisotopic (exact) mass is 228 g/mol. The summed E-state index contributed by atoms with van der Waals surface area (Å²) >= 11 is 0. The van der Waals surface area contributed by atoms with Crippen molar-refractivity contribution in [3.8, 4) is 0 Å². The van der Waals surface area contributed by atoms with Gasteiger partial charge in [-0.15, -0.1) is 0 Å². The summed E-state index contributed by atoms with van der Waals surface area (Å²) in [5.74, 6) is -6.23. The maximum atomic E-state index is 11.4. The van der Waals surface area contributed by atoms with Crippen molar-refractivity contribution in [2.75, 3.05) is 0 Å². The van der Waals surface area contributed by atoms with E-state index in [1.165, 1.54) is 0 Å². The molecule has 0 saturated heterocycles. The van der Waals surface area contributed by atoms with Gasteiger partial charge < -0.3 is 10.2 Å². The molecule has 0 bridgehead atoms. The Kier molecular flexibility index (Phi) is 5.56. The first-order chi connectivity index (χ1) is 5.93. The van der Waals surface area contributed by atoms with Crippen LogP contribution in [0.1, 0.15) is 6.92 Å². The zero-order valence-electron chi connectivity index (χ0n) is 6.65. The van der Waals surface area contributed by atoms with Crippen molar-refractivity contribution in [3.63, 3.8) is 0 Å². The Morgan fingerprint density at radius 2 is 1.43 bits per heavy atom. The van der Waals surface area contributed by atoms with E-state index in [0.717, 1.165) is 6.92 Å². The van der Waals surface area contributed by atoms with Gasteiger partial charge in [0.2, 0.25) is 0 Å². The molecule has 2 N–H and O–H groups in total. The second-order valence-electron chi connectivity index (χ2n) is 1.99. The van der Waals surface area contributed by atoms with E-state index in [1.807, 2.05) is 0 Å². The highest BCUT2D eigenvalue weighted by molar-refractivity contribution is 5.62. The molecule has 0 heterocycles. The van der Waals surface area contributed by atoms with Gasteiger partial charge in [-0.05, 0) is 0 Å². The smallest absolute Gasteiger partial charge is 0.454 e. The third kappa shape index (κ3) is 5.62. The number of hydrogen-bond acceptors (Lipinski definition) is 2. The SMILES string of the molecule is CC(=O)O.OC(F)(C(F)F)C(F)(F)F. The van der Waals surface area contributed by atoms with Crippen LogP contribution in [-0.4, -0.2) is 34.6 Å². The number of alkyl halides is 6. The molecule has 1 unspecified atom stereocenters. The maximum absolute atomic E-state index is 11.4. The first kappa shape index (κ1) is 15.5. The van der Waals surface area contributed by atoms with Crippen molar-refractivity contribution in [2.45, 2.75) is 25.4 Å². The van der Waals surface area contributed by atoms with E-state index in [9.17, 15) is 26.3 Å². The number of aliphatic hydroxyl groups is 1. The third-order valence-electron chi connectivity index (χ3n) is 0.687. The van der Waals surface area contributed by atoms with Crippen molar-refractivity contribution < 1.29 is 41.4 Å². The number of carboxylic acid groups (broad SMARTS) is 1. The van der Waals surface area contributed by atoms with E-state index < -0.39 is 24.4 Å². The number of hydrogen-bond donors (Lipinski definition) is 2. The molecule has 9 heteroatoms. The summed E-state index contributed by atoms with van der Waals surface area (Å²) in [7, 11) is 0. The summed E-state index contributed by atoms with van der Waals surface area (Å²) in [6.45, 7) is 1.08. The minimum atomic E-state index is -5.94. The topological polar surface area (TPSA) is 57.5 Å². The van der Waals surface area contributed by atoms with Gasteiger partial charge in [-0.1, -0.05) is 0 Å². The molecule has 0 amide bonds. The quantitative estimate of drug-likeness (QED) is 0.669. The average Bonchev–Trinajstić information content (AvgIpc) is 1.82. The van der Waals surface area contributed by atoms with Gasteiger partial charge in [0.1, 0.15) is 0 Å². The van der Waals surface area contributed by atoms with Crippen molar-refractivity contribution in [1.29, 1.82) is 0 Å². The molecular formula is C5H6F6O3. The van der Waals surface area contributed by atoms with Crippen LogP contribution < -0.4 is 0 Å². The van der Waals surface area contributed by atoms with Gasteiger partial charge in [-0.2, -0.15) is 17.6 Å². The van der Waals surface area contributed by atoms with Crippen molar-refractivity contribution in [1.82, 2.24) is 0 Å². The van der Waals surface area contributed by atoms with Crippen molar-refractivity contribution in [3.05, 3.63) is 0 Å².